The number of nitrogen functional groups attached to an aromatic ring is 2. The molecule has 5 N–H and O–H groups in total. The highest BCUT2D eigenvalue weighted by molar-refractivity contribution is 6.01. The number of nitrogens with zero attached hydrogens (tertiary/aromatic N) is 4. The molecule has 0 aliphatic rings. The van der Waals surface area contributed by atoms with Gasteiger partial charge in [0.2, 0.25) is 0 Å². The zero-order valence-corrected chi connectivity index (χ0v) is 20.6. The van der Waals surface area contributed by atoms with Gasteiger partial charge in [-0.15, -0.1) is 0 Å². The molecule has 0 aliphatic carbocycles. The van der Waals surface area contributed by atoms with Crippen molar-refractivity contribution in [2.45, 2.75) is 33.2 Å². The van der Waals surface area contributed by atoms with E-state index in [1.54, 1.807) is 31.5 Å². The van der Waals surface area contributed by atoms with Crippen LogP contribution in [0.5, 0.6) is 0 Å². The van der Waals surface area contributed by atoms with E-state index in [-0.39, 0.29) is 52.4 Å². The lowest BCUT2D eigenvalue weighted by molar-refractivity contribution is 0.0941. The summed E-state index contributed by atoms with van der Waals surface area (Å²) in [7, 11) is 0. The van der Waals surface area contributed by atoms with Crippen LogP contribution in [0, 0.1) is 12.7 Å². The number of nitrogens with one attached hydrogen (secondary N) is 1. The number of pyridine rings is 2. The Hall–Kier alpha value is -4.73. The first kappa shape index (κ1) is 25.4. The number of carbonyl (C=O) groups excluding carboxylic acids is 2. The van der Waals surface area contributed by atoms with E-state index in [9.17, 15) is 14.0 Å². The van der Waals surface area contributed by atoms with E-state index < -0.39 is 5.82 Å². The molecule has 0 bridgehead atoms. The van der Waals surface area contributed by atoms with Gasteiger partial charge < -0.3 is 16.8 Å². The van der Waals surface area contributed by atoms with Crippen molar-refractivity contribution in [2.24, 2.45) is 0 Å². The van der Waals surface area contributed by atoms with Gasteiger partial charge in [0, 0.05) is 47.6 Å². The first-order chi connectivity index (χ1) is 17.6. The van der Waals surface area contributed by atoms with E-state index in [4.69, 9.17) is 11.5 Å². The first-order valence-corrected chi connectivity index (χ1v) is 11.6. The average molecular weight is 500 g/mol. The molecule has 37 heavy (non-hydrogen) atoms. The monoisotopic (exact) mass is 499 g/mol. The Bertz CT molecular complexity index is 1480. The number of nitrogens with two attached hydrogens (primary N) is 2. The number of carbonyl (C=O) groups is 2. The lowest BCUT2D eigenvalue weighted by Crippen LogP contribution is -2.30. The molecule has 0 saturated heterocycles. The third-order valence-electron chi connectivity index (χ3n) is 5.50. The quantitative estimate of drug-likeness (QED) is 0.325. The largest absolute Gasteiger partial charge is 0.397 e. The molecule has 0 radical (unpaired) electrons. The fourth-order valence-corrected chi connectivity index (χ4v) is 3.85. The molecule has 1 amide bonds. The third-order valence-corrected chi connectivity index (χ3v) is 5.50. The van der Waals surface area contributed by atoms with Crippen molar-refractivity contribution >= 4 is 23.2 Å². The van der Waals surface area contributed by atoms with Gasteiger partial charge in [0.25, 0.3) is 5.91 Å². The van der Waals surface area contributed by atoms with Crippen molar-refractivity contribution in [1.29, 1.82) is 0 Å². The summed E-state index contributed by atoms with van der Waals surface area (Å²) in [6.07, 6.45) is 3.08. The molecule has 0 fully saturated rings. The van der Waals surface area contributed by atoms with Crippen LogP contribution >= 0.6 is 0 Å². The Morgan fingerprint density at radius 3 is 2.49 bits per heavy atom. The standard InChI is InChI=1S/C27H26FN7O2/c1-14(2)32-27(37)16-4-5-20(28)19(10-16)22-7-6-21(29)26(35-22)24(36)11-17-13-31-9-8-18(17)23-12-25(30)34-15(3)33-23/h4-10,12-14H,11,29H2,1-3H3,(H,32,37)(H2,30,33,34). The molecule has 9 nitrogen and oxygen atoms in total. The van der Waals surface area contributed by atoms with E-state index in [1.807, 2.05) is 13.8 Å². The lowest BCUT2D eigenvalue weighted by atomic mass is 9.99. The van der Waals surface area contributed by atoms with Gasteiger partial charge in [-0.2, -0.15) is 0 Å². The van der Waals surface area contributed by atoms with Crippen LogP contribution in [0.1, 0.15) is 46.1 Å². The van der Waals surface area contributed by atoms with Crippen molar-refractivity contribution in [2.75, 3.05) is 11.5 Å². The summed E-state index contributed by atoms with van der Waals surface area (Å²) in [6.45, 7) is 5.38. The number of Topliss-reactive ketones (excluding diaryl/α,β-unsaturated/α-hetero) is 1. The zero-order valence-electron chi connectivity index (χ0n) is 20.6. The molecule has 0 atom stereocenters. The van der Waals surface area contributed by atoms with E-state index in [1.165, 1.54) is 30.3 Å². The molecule has 0 saturated carbocycles. The Balaban J connectivity index is 1.68. The lowest BCUT2D eigenvalue weighted by Gasteiger charge is -2.12. The minimum absolute atomic E-state index is 0.0119. The molecule has 4 rings (SSSR count). The number of hydrogen-bond acceptors (Lipinski definition) is 8. The second-order valence-electron chi connectivity index (χ2n) is 8.82. The van der Waals surface area contributed by atoms with Crippen LogP contribution < -0.4 is 16.8 Å². The van der Waals surface area contributed by atoms with Gasteiger partial charge in [0.05, 0.1) is 17.1 Å². The van der Waals surface area contributed by atoms with Gasteiger partial charge in [0.1, 0.15) is 23.2 Å². The first-order valence-electron chi connectivity index (χ1n) is 11.6. The van der Waals surface area contributed by atoms with Crippen molar-refractivity contribution in [1.82, 2.24) is 25.3 Å². The Kier molecular flexibility index (Phi) is 7.19. The van der Waals surface area contributed by atoms with Crippen LogP contribution in [-0.2, 0) is 6.42 Å². The van der Waals surface area contributed by atoms with Gasteiger partial charge in [0.15, 0.2) is 5.78 Å². The number of halogens is 1. The van der Waals surface area contributed by atoms with Gasteiger partial charge in [-0.3, -0.25) is 14.6 Å². The average Bonchev–Trinajstić information content (AvgIpc) is 2.84. The molecule has 3 aromatic heterocycles. The molecule has 4 aromatic rings. The van der Waals surface area contributed by atoms with Crippen LogP contribution in [-0.4, -0.2) is 37.7 Å². The third kappa shape index (κ3) is 5.75. The normalized spacial score (nSPS) is 10.9. The van der Waals surface area contributed by atoms with Gasteiger partial charge >= 0.3 is 0 Å². The number of hydrogen-bond donors (Lipinski definition) is 3. The minimum atomic E-state index is -0.581. The van der Waals surface area contributed by atoms with Crippen LogP contribution in [0.4, 0.5) is 15.9 Å². The van der Waals surface area contributed by atoms with Crippen molar-refractivity contribution < 1.29 is 14.0 Å². The van der Waals surface area contributed by atoms with Crippen LogP contribution in [0.3, 0.4) is 0 Å². The molecule has 10 heteroatoms. The second-order valence-corrected chi connectivity index (χ2v) is 8.82. The molecule has 1 aromatic carbocycles. The Morgan fingerprint density at radius 2 is 1.76 bits per heavy atom. The summed E-state index contributed by atoms with van der Waals surface area (Å²) in [5.74, 6) is -0.507. The van der Waals surface area contributed by atoms with Gasteiger partial charge in [-0.1, -0.05) is 0 Å². The smallest absolute Gasteiger partial charge is 0.251 e. The maximum absolute atomic E-state index is 14.7. The van der Waals surface area contributed by atoms with Crippen molar-refractivity contribution in [3.63, 3.8) is 0 Å². The second kappa shape index (κ2) is 10.5. The van der Waals surface area contributed by atoms with Crippen LogP contribution in [0.25, 0.3) is 22.5 Å². The number of anilines is 2. The molecular formula is C27H26FN7O2. The molecule has 3 heterocycles. The number of aromatic nitrogens is 4. The number of rotatable bonds is 7. The summed E-state index contributed by atoms with van der Waals surface area (Å²) >= 11 is 0. The SMILES string of the molecule is Cc1nc(N)cc(-c2ccncc2CC(=O)c2nc(-c3cc(C(=O)NC(C)C)ccc3F)ccc2N)n1. The number of benzene rings is 1. The van der Waals surface area contributed by atoms with Crippen LogP contribution in [0.15, 0.2) is 54.9 Å². The predicted octanol–water partition coefficient (Wildman–Crippen LogP) is 3.78. The van der Waals surface area contributed by atoms with Crippen molar-refractivity contribution in [3.05, 3.63) is 83.3 Å². The molecule has 188 valence electrons. The summed E-state index contributed by atoms with van der Waals surface area (Å²) in [5, 5.41) is 2.77. The fourth-order valence-electron chi connectivity index (χ4n) is 3.85. The number of amides is 1. The summed E-state index contributed by atoms with van der Waals surface area (Å²) in [5.41, 5.74) is 14.5. The highest BCUT2D eigenvalue weighted by Crippen LogP contribution is 2.27. The molecular weight excluding hydrogens is 473 g/mol. The maximum Gasteiger partial charge on any atom is 0.251 e. The summed E-state index contributed by atoms with van der Waals surface area (Å²) in [4.78, 5) is 42.8. The topological polar surface area (TPSA) is 150 Å². The summed E-state index contributed by atoms with van der Waals surface area (Å²) in [6, 6.07) is 10.3. The van der Waals surface area contributed by atoms with E-state index in [0.29, 0.717) is 28.5 Å². The molecule has 0 spiro atoms. The van der Waals surface area contributed by atoms with E-state index >= 15 is 0 Å². The molecule has 0 aliphatic heterocycles. The highest BCUT2D eigenvalue weighted by atomic mass is 19.1. The fraction of sp³-hybridized carbons (Fsp3) is 0.185. The Labute approximate surface area is 213 Å². The maximum atomic E-state index is 14.7. The zero-order chi connectivity index (χ0) is 26.7. The number of ketones is 1. The highest BCUT2D eigenvalue weighted by Gasteiger charge is 2.19. The predicted molar refractivity (Wildman–Crippen MR) is 139 cm³/mol. The van der Waals surface area contributed by atoms with Crippen molar-refractivity contribution in [3.8, 4) is 22.5 Å². The number of aryl methyl sites for hydroxylation is 1. The van der Waals surface area contributed by atoms with Crippen LogP contribution in [0.2, 0.25) is 0 Å². The molecule has 0 unspecified atom stereocenters. The van der Waals surface area contributed by atoms with E-state index in [0.717, 1.165) is 0 Å². The van der Waals surface area contributed by atoms with Gasteiger partial charge in [-0.05, 0) is 62.7 Å². The summed E-state index contributed by atoms with van der Waals surface area (Å²) < 4.78 is 14.7. The van der Waals surface area contributed by atoms with E-state index in [2.05, 4.69) is 25.3 Å². The van der Waals surface area contributed by atoms with Gasteiger partial charge in [-0.25, -0.2) is 19.3 Å². The minimum Gasteiger partial charge on any atom is -0.397 e. The Morgan fingerprint density at radius 1 is 0.973 bits per heavy atom.